The number of halogens is 1. The summed E-state index contributed by atoms with van der Waals surface area (Å²) in [4.78, 5) is 51.1. The van der Waals surface area contributed by atoms with Crippen LogP contribution in [-0.2, 0) is 19.2 Å². The molecule has 1 aliphatic heterocycles. The minimum absolute atomic E-state index is 0.0880. The number of benzene rings is 1. The van der Waals surface area contributed by atoms with Crippen LogP contribution in [0.15, 0.2) is 52.6 Å². The number of rotatable bonds is 1. The first-order chi connectivity index (χ1) is 14.7. The van der Waals surface area contributed by atoms with Gasteiger partial charge in [-0.05, 0) is 50.0 Å². The number of fused-ring (bicyclic) bond motifs is 3. The Labute approximate surface area is 182 Å². The Morgan fingerprint density at radius 3 is 2.58 bits per heavy atom. The molecule has 2 amide bonds. The molecular weight excluding hydrogens is 422 g/mol. The summed E-state index contributed by atoms with van der Waals surface area (Å²) in [5.74, 6) is -4.94. The van der Waals surface area contributed by atoms with Crippen LogP contribution in [0.4, 0.5) is 0 Å². The van der Waals surface area contributed by atoms with Crippen LogP contribution in [0.25, 0.3) is 0 Å². The molecule has 0 aromatic heterocycles. The molecule has 5 rings (SSSR count). The van der Waals surface area contributed by atoms with E-state index in [2.05, 4.69) is 0 Å². The predicted octanol–water partition coefficient (Wildman–Crippen LogP) is 2.86. The maximum atomic E-state index is 13.2. The van der Waals surface area contributed by atoms with Gasteiger partial charge in [0.05, 0.1) is 11.8 Å². The zero-order chi connectivity index (χ0) is 22.2. The predicted molar refractivity (Wildman–Crippen MR) is 108 cm³/mol. The summed E-state index contributed by atoms with van der Waals surface area (Å²) in [5.41, 5.74) is 1.91. The van der Waals surface area contributed by atoms with E-state index in [9.17, 15) is 29.5 Å². The highest BCUT2D eigenvalue weighted by Gasteiger charge is 2.56. The maximum Gasteiger partial charge on any atom is 0.257 e. The fraction of sp³-hybridized carbons (Fsp3) is 0.304. The largest absolute Gasteiger partial charge is 0.508 e. The molecule has 158 valence electrons. The number of aromatic hydroxyl groups is 1. The number of ketones is 2. The van der Waals surface area contributed by atoms with Gasteiger partial charge in [-0.3, -0.25) is 24.4 Å². The van der Waals surface area contributed by atoms with E-state index in [1.165, 1.54) is 18.2 Å². The molecule has 1 aromatic carbocycles. The van der Waals surface area contributed by atoms with Crippen LogP contribution in [0.2, 0.25) is 5.02 Å². The fourth-order valence-electron chi connectivity index (χ4n) is 5.46. The van der Waals surface area contributed by atoms with Crippen molar-refractivity contribution in [3.05, 3.63) is 63.2 Å². The van der Waals surface area contributed by atoms with Gasteiger partial charge in [0, 0.05) is 33.2 Å². The lowest BCUT2D eigenvalue weighted by Crippen LogP contribution is -2.39. The van der Waals surface area contributed by atoms with Crippen molar-refractivity contribution < 1.29 is 29.5 Å². The second kappa shape index (κ2) is 6.73. The summed E-state index contributed by atoms with van der Waals surface area (Å²) in [6.07, 6.45) is 3.42. The van der Waals surface area contributed by atoms with E-state index in [0.29, 0.717) is 21.7 Å². The van der Waals surface area contributed by atoms with Crippen molar-refractivity contribution in [1.29, 1.82) is 0 Å². The number of carbonyl (C=O) groups excluding carboxylic acids is 4. The Bertz CT molecular complexity index is 1190. The van der Waals surface area contributed by atoms with E-state index in [4.69, 9.17) is 11.6 Å². The number of phenolic OH excluding ortho intramolecular Hbond substituents is 1. The first-order valence-electron chi connectivity index (χ1n) is 9.96. The van der Waals surface area contributed by atoms with Crippen molar-refractivity contribution in [2.45, 2.75) is 25.7 Å². The molecule has 0 unspecified atom stereocenters. The van der Waals surface area contributed by atoms with Crippen LogP contribution in [0.1, 0.15) is 31.2 Å². The van der Waals surface area contributed by atoms with Crippen molar-refractivity contribution in [2.75, 3.05) is 0 Å². The summed E-state index contributed by atoms with van der Waals surface area (Å²) in [5, 5.41) is 21.1. The number of hydroxylamine groups is 2. The zero-order valence-electron chi connectivity index (χ0n) is 16.5. The number of phenols is 1. The third-order valence-electron chi connectivity index (χ3n) is 6.84. The Morgan fingerprint density at radius 2 is 1.84 bits per heavy atom. The van der Waals surface area contributed by atoms with Crippen LogP contribution in [-0.4, -0.2) is 38.8 Å². The van der Waals surface area contributed by atoms with Crippen LogP contribution in [0.5, 0.6) is 5.75 Å². The Kier molecular flexibility index (Phi) is 4.32. The number of amides is 2. The van der Waals surface area contributed by atoms with E-state index >= 15 is 0 Å². The molecule has 0 radical (unpaired) electrons. The molecule has 0 saturated carbocycles. The van der Waals surface area contributed by atoms with E-state index in [-0.39, 0.29) is 46.4 Å². The van der Waals surface area contributed by atoms with Gasteiger partial charge < -0.3 is 5.11 Å². The molecular formula is C23H18ClNO6. The average Bonchev–Trinajstić information content (AvgIpc) is 2.96. The molecule has 7 nitrogen and oxygen atoms in total. The van der Waals surface area contributed by atoms with E-state index in [0.717, 1.165) is 0 Å². The molecule has 4 aliphatic rings. The Hall–Kier alpha value is -3.03. The van der Waals surface area contributed by atoms with Gasteiger partial charge in [-0.25, -0.2) is 0 Å². The van der Waals surface area contributed by atoms with Crippen molar-refractivity contribution >= 4 is 35.0 Å². The smallest absolute Gasteiger partial charge is 0.257 e. The molecule has 1 heterocycles. The molecule has 8 heteroatoms. The monoisotopic (exact) mass is 439 g/mol. The quantitative estimate of drug-likeness (QED) is 0.301. The Morgan fingerprint density at radius 1 is 1.10 bits per heavy atom. The third kappa shape index (κ3) is 2.70. The molecule has 2 N–H and O–H groups in total. The molecule has 0 spiro atoms. The van der Waals surface area contributed by atoms with E-state index in [1.54, 1.807) is 19.1 Å². The highest BCUT2D eigenvalue weighted by atomic mass is 35.5. The lowest BCUT2D eigenvalue weighted by molar-refractivity contribution is -0.173. The van der Waals surface area contributed by atoms with Crippen molar-refractivity contribution in [3.8, 4) is 5.75 Å². The number of nitrogens with zero attached hydrogens (tertiary/aromatic N) is 1. The average molecular weight is 440 g/mol. The minimum Gasteiger partial charge on any atom is -0.508 e. The normalized spacial score (nSPS) is 30.1. The number of imide groups is 1. The van der Waals surface area contributed by atoms with Gasteiger partial charge in [-0.15, -0.1) is 0 Å². The van der Waals surface area contributed by atoms with Crippen molar-refractivity contribution in [1.82, 2.24) is 5.06 Å². The standard InChI is InChI=1S/C23H18ClNO6/c1-9-6-17(27)15-8-13-11(3-4-12-19(13)23(30)25(31)22(12)29)18(20(15)21(9)28)14-7-10(24)2-5-16(14)26/h2-3,5-7,12-13,18-19,26,31H,4,8H2,1H3/t12-,13+,18+,19-/m0/s1. The Balaban J connectivity index is 1.75. The number of carbonyl (C=O) groups is 4. The highest BCUT2D eigenvalue weighted by Crippen LogP contribution is 2.56. The molecule has 1 aromatic rings. The van der Waals surface area contributed by atoms with E-state index in [1.807, 2.05) is 0 Å². The lowest BCUT2D eigenvalue weighted by Gasteiger charge is -2.42. The molecule has 1 fully saturated rings. The molecule has 31 heavy (non-hydrogen) atoms. The number of allylic oxidation sites excluding steroid dienone is 6. The SMILES string of the molecule is CC1=CC(=O)C2=C(C1=O)[C@@H](c1cc(Cl)ccc1O)C1=CC[C@@H]3C(=O)N(O)C(=O)[C@@H]3[C@@H]1C2. The second-order valence-electron chi connectivity index (χ2n) is 8.42. The summed E-state index contributed by atoms with van der Waals surface area (Å²) in [7, 11) is 0. The van der Waals surface area contributed by atoms with Crippen LogP contribution in [0, 0.1) is 17.8 Å². The molecule has 4 atom stereocenters. The summed E-state index contributed by atoms with van der Waals surface area (Å²) < 4.78 is 0. The van der Waals surface area contributed by atoms with Crippen molar-refractivity contribution in [3.63, 3.8) is 0 Å². The third-order valence-corrected chi connectivity index (χ3v) is 7.08. The number of hydrogen-bond donors (Lipinski definition) is 2. The van der Waals surface area contributed by atoms with Crippen LogP contribution < -0.4 is 0 Å². The summed E-state index contributed by atoms with van der Waals surface area (Å²) in [6.45, 7) is 1.57. The van der Waals surface area contributed by atoms with Gasteiger partial charge in [0.1, 0.15) is 5.75 Å². The van der Waals surface area contributed by atoms with Gasteiger partial charge in [0.2, 0.25) is 0 Å². The first-order valence-corrected chi connectivity index (χ1v) is 10.3. The van der Waals surface area contributed by atoms with Crippen LogP contribution in [0.3, 0.4) is 0 Å². The van der Waals surface area contributed by atoms with E-state index < -0.39 is 35.5 Å². The zero-order valence-corrected chi connectivity index (χ0v) is 17.2. The van der Waals surface area contributed by atoms with Gasteiger partial charge in [-0.2, -0.15) is 5.06 Å². The summed E-state index contributed by atoms with van der Waals surface area (Å²) in [6, 6.07) is 4.49. The second-order valence-corrected chi connectivity index (χ2v) is 8.86. The van der Waals surface area contributed by atoms with Crippen LogP contribution >= 0.6 is 11.6 Å². The van der Waals surface area contributed by atoms with Gasteiger partial charge in [0.15, 0.2) is 11.6 Å². The van der Waals surface area contributed by atoms with Gasteiger partial charge >= 0.3 is 0 Å². The fourth-order valence-corrected chi connectivity index (χ4v) is 5.64. The summed E-state index contributed by atoms with van der Waals surface area (Å²) >= 11 is 6.18. The lowest BCUT2D eigenvalue weighted by atomic mass is 9.59. The maximum absolute atomic E-state index is 13.2. The van der Waals surface area contributed by atoms with Gasteiger partial charge in [-0.1, -0.05) is 23.3 Å². The number of hydrogen-bond acceptors (Lipinski definition) is 6. The molecule has 3 aliphatic carbocycles. The van der Waals surface area contributed by atoms with Gasteiger partial charge in [0.25, 0.3) is 11.8 Å². The first kappa shape index (κ1) is 19.9. The molecule has 1 saturated heterocycles. The molecule has 0 bridgehead atoms. The number of Topliss-reactive ketones (excluding diaryl/α,β-unsaturated/α-hetero) is 1. The van der Waals surface area contributed by atoms with Crippen molar-refractivity contribution in [2.24, 2.45) is 17.8 Å². The highest BCUT2D eigenvalue weighted by molar-refractivity contribution is 6.30. The minimum atomic E-state index is -0.828. The topological polar surface area (TPSA) is 112 Å².